The first kappa shape index (κ1) is 19.5. The average molecular weight is 386 g/mol. The fraction of sp³-hybridized carbons (Fsp3) is 0.450. The summed E-state index contributed by atoms with van der Waals surface area (Å²) in [5.41, 5.74) is 4.79. The van der Waals surface area contributed by atoms with E-state index in [9.17, 15) is 4.79 Å². The molecule has 2 heterocycles. The molecule has 1 amide bonds. The summed E-state index contributed by atoms with van der Waals surface area (Å²) >= 11 is 1.57. The molecule has 0 radical (unpaired) electrons. The van der Waals surface area contributed by atoms with Crippen molar-refractivity contribution in [3.05, 3.63) is 40.7 Å². The Morgan fingerprint density at radius 2 is 1.89 bits per heavy atom. The van der Waals surface area contributed by atoms with Crippen LogP contribution in [0.25, 0.3) is 10.2 Å². The summed E-state index contributed by atoms with van der Waals surface area (Å²) in [5.74, 6) is -0.0967. The van der Waals surface area contributed by atoms with Crippen molar-refractivity contribution < 1.29 is 4.79 Å². The van der Waals surface area contributed by atoms with Gasteiger partial charge < -0.3 is 4.90 Å². The van der Waals surface area contributed by atoms with Crippen molar-refractivity contribution in [3.8, 4) is 0 Å². The molecule has 0 unspecified atom stereocenters. The molecule has 0 bridgehead atoms. The van der Waals surface area contributed by atoms with Gasteiger partial charge in [-0.15, -0.1) is 0 Å². The van der Waals surface area contributed by atoms with Crippen molar-refractivity contribution in [1.29, 1.82) is 0 Å². The van der Waals surface area contributed by atoms with Crippen molar-refractivity contribution >= 4 is 32.6 Å². The van der Waals surface area contributed by atoms with Crippen molar-refractivity contribution in [2.75, 3.05) is 32.1 Å². The molecule has 27 heavy (non-hydrogen) atoms. The Hall–Kier alpha value is -2.25. The minimum Gasteiger partial charge on any atom is -0.308 e. The summed E-state index contributed by atoms with van der Waals surface area (Å²) in [6, 6.07) is 6.09. The van der Waals surface area contributed by atoms with Gasteiger partial charge >= 0.3 is 0 Å². The van der Waals surface area contributed by atoms with E-state index >= 15 is 0 Å². The summed E-state index contributed by atoms with van der Waals surface area (Å²) in [5, 5.41) is 5.21. The number of rotatable bonds is 6. The summed E-state index contributed by atoms with van der Waals surface area (Å²) in [6.07, 6.45) is 0. The van der Waals surface area contributed by atoms with Gasteiger partial charge in [0.15, 0.2) is 10.8 Å². The topological polar surface area (TPSA) is 54.3 Å². The molecule has 0 aliphatic heterocycles. The number of likely N-dealkylation sites (N-methyl/N-ethyl adjacent to an activating group) is 1. The molecule has 0 fully saturated rings. The van der Waals surface area contributed by atoms with E-state index in [-0.39, 0.29) is 5.91 Å². The molecule has 0 N–H and O–H groups in total. The number of hydrogen-bond donors (Lipinski definition) is 0. The van der Waals surface area contributed by atoms with Crippen LogP contribution in [0, 0.1) is 20.8 Å². The number of nitrogens with zero attached hydrogens (tertiary/aromatic N) is 5. The Morgan fingerprint density at radius 3 is 2.52 bits per heavy atom. The summed E-state index contributed by atoms with van der Waals surface area (Å²) < 4.78 is 2.98. The molecule has 0 atom stereocenters. The molecular formula is C20H27N5OS. The zero-order valence-corrected chi connectivity index (χ0v) is 17.7. The average Bonchev–Trinajstić information content (AvgIpc) is 3.18. The molecule has 6 nitrogen and oxygen atoms in total. The van der Waals surface area contributed by atoms with Gasteiger partial charge in [0.1, 0.15) is 0 Å². The van der Waals surface area contributed by atoms with Gasteiger partial charge in [0, 0.05) is 25.3 Å². The zero-order chi connectivity index (χ0) is 19.7. The van der Waals surface area contributed by atoms with E-state index < -0.39 is 0 Å². The standard InChI is InChI=1S/C20H27N5OS/c1-7-25-15(4)12-17(22-25)19(26)24(9-8-23(5)6)20-21-16-11-13(2)10-14(3)18(16)27-20/h10-12H,7-9H2,1-6H3. The lowest BCUT2D eigenvalue weighted by Crippen LogP contribution is -2.37. The Bertz CT molecular complexity index is 972. The maximum atomic E-state index is 13.3. The largest absolute Gasteiger partial charge is 0.308 e. The second-order valence-corrected chi connectivity index (χ2v) is 8.15. The molecule has 144 valence electrons. The summed E-state index contributed by atoms with van der Waals surface area (Å²) in [7, 11) is 4.01. The molecule has 0 aliphatic rings. The fourth-order valence-corrected chi connectivity index (χ4v) is 4.18. The van der Waals surface area contributed by atoms with E-state index in [0.717, 1.165) is 34.1 Å². The number of fused-ring (bicyclic) bond motifs is 1. The minimum absolute atomic E-state index is 0.0967. The van der Waals surface area contributed by atoms with E-state index in [1.54, 1.807) is 16.2 Å². The molecule has 0 aliphatic carbocycles. The first-order valence-corrected chi connectivity index (χ1v) is 10.0. The predicted molar refractivity (Wildman–Crippen MR) is 112 cm³/mol. The Kier molecular flexibility index (Phi) is 5.62. The van der Waals surface area contributed by atoms with E-state index in [4.69, 9.17) is 4.98 Å². The molecule has 1 aromatic carbocycles. The lowest BCUT2D eigenvalue weighted by molar-refractivity contribution is 0.0979. The maximum Gasteiger partial charge on any atom is 0.280 e. The first-order valence-electron chi connectivity index (χ1n) is 9.19. The normalized spacial score (nSPS) is 11.5. The van der Waals surface area contributed by atoms with Crippen LogP contribution >= 0.6 is 11.3 Å². The fourth-order valence-electron chi connectivity index (χ4n) is 3.14. The van der Waals surface area contributed by atoms with Crippen molar-refractivity contribution in [3.63, 3.8) is 0 Å². The van der Waals surface area contributed by atoms with Crippen LogP contribution in [0.3, 0.4) is 0 Å². The highest BCUT2D eigenvalue weighted by Crippen LogP contribution is 2.32. The highest BCUT2D eigenvalue weighted by atomic mass is 32.1. The van der Waals surface area contributed by atoms with Crippen LogP contribution in [0.5, 0.6) is 0 Å². The highest BCUT2D eigenvalue weighted by Gasteiger charge is 2.24. The Balaban J connectivity index is 2.02. The third-order valence-electron chi connectivity index (χ3n) is 4.56. The van der Waals surface area contributed by atoms with Gasteiger partial charge in [-0.2, -0.15) is 5.10 Å². The molecule has 2 aromatic heterocycles. The molecule has 0 saturated carbocycles. The Labute approximate surface area is 164 Å². The van der Waals surface area contributed by atoms with Crippen molar-refractivity contribution in [1.82, 2.24) is 19.7 Å². The van der Waals surface area contributed by atoms with Crippen molar-refractivity contribution in [2.45, 2.75) is 34.2 Å². The minimum atomic E-state index is -0.0967. The third-order valence-corrected chi connectivity index (χ3v) is 5.79. The van der Waals surface area contributed by atoms with E-state index in [1.165, 1.54) is 11.1 Å². The molecular weight excluding hydrogens is 358 g/mol. The number of aromatic nitrogens is 3. The number of carbonyl (C=O) groups excluding carboxylic acids is 1. The van der Waals surface area contributed by atoms with Gasteiger partial charge in [-0.1, -0.05) is 17.4 Å². The smallest absolute Gasteiger partial charge is 0.280 e. The number of anilines is 1. The number of carbonyl (C=O) groups is 1. The number of amides is 1. The van der Waals surface area contributed by atoms with Crippen LogP contribution in [0.4, 0.5) is 5.13 Å². The SMILES string of the molecule is CCn1nc(C(=O)N(CCN(C)C)c2nc3cc(C)cc(C)c3s2)cc1C. The van der Waals surface area contributed by atoms with Gasteiger partial charge in [-0.05, 0) is 65.0 Å². The van der Waals surface area contributed by atoms with Gasteiger partial charge in [-0.25, -0.2) is 4.98 Å². The van der Waals surface area contributed by atoms with Gasteiger partial charge in [0.2, 0.25) is 0 Å². The highest BCUT2D eigenvalue weighted by molar-refractivity contribution is 7.22. The predicted octanol–water partition coefficient (Wildman–Crippen LogP) is 3.65. The molecule has 3 rings (SSSR count). The van der Waals surface area contributed by atoms with E-state index in [1.807, 2.05) is 38.7 Å². The van der Waals surface area contributed by atoms with Gasteiger partial charge in [0.05, 0.1) is 10.2 Å². The van der Waals surface area contributed by atoms with Crippen molar-refractivity contribution in [2.24, 2.45) is 0 Å². The van der Waals surface area contributed by atoms with Crippen LogP contribution in [-0.2, 0) is 6.54 Å². The molecule has 7 heteroatoms. The number of aryl methyl sites for hydroxylation is 4. The second kappa shape index (κ2) is 7.78. The summed E-state index contributed by atoms with van der Waals surface area (Å²) in [4.78, 5) is 21.9. The van der Waals surface area contributed by atoms with Crippen LogP contribution in [-0.4, -0.2) is 52.8 Å². The molecule has 0 spiro atoms. The Morgan fingerprint density at radius 1 is 1.15 bits per heavy atom. The first-order chi connectivity index (χ1) is 12.8. The lowest BCUT2D eigenvalue weighted by Gasteiger charge is -2.21. The van der Waals surface area contributed by atoms with Crippen LogP contribution in [0.2, 0.25) is 0 Å². The maximum absolute atomic E-state index is 13.3. The number of hydrogen-bond acceptors (Lipinski definition) is 5. The van der Waals surface area contributed by atoms with E-state index in [2.05, 4.69) is 36.0 Å². The van der Waals surface area contributed by atoms with Gasteiger partial charge in [0.25, 0.3) is 5.91 Å². The lowest BCUT2D eigenvalue weighted by atomic mass is 10.1. The number of benzene rings is 1. The monoisotopic (exact) mass is 385 g/mol. The summed E-state index contributed by atoms with van der Waals surface area (Å²) in [6.45, 7) is 10.2. The van der Waals surface area contributed by atoms with Crippen LogP contribution in [0.1, 0.15) is 34.2 Å². The quantitative estimate of drug-likeness (QED) is 0.650. The van der Waals surface area contributed by atoms with E-state index in [0.29, 0.717) is 12.2 Å². The second-order valence-electron chi connectivity index (χ2n) is 7.17. The van der Waals surface area contributed by atoms with Crippen LogP contribution in [0.15, 0.2) is 18.2 Å². The molecule has 3 aromatic rings. The number of thiazole rings is 1. The van der Waals surface area contributed by atoms with Gasteiger partial charge in [-0.3, -0.25) is 14.4 Å². The zero-order valence-electron chi connectivity index (χ0n) is 16.9. The molecule has 0 saturated heterocycles. The van der Waals surface area contributed by atoms with Crippen LogP contribution < -0.4 is 4.90 Å². The third kappa shape index (κ3) is 4.04.